The third-order valence-electron chi connectivity index (χ3n) is 5.71. The lowest BCUT2D eigenvalue weighted by Crippen LogP contribution is -2.48. The fraction of sp³-hybridized carbons (Fsp3) is 0.538. The largest absolute Gasteiger partial charge is 0.367 e. The van der Waals surface area contributed by atoms with E-state index in [4.69, 9.17) is 9.53 Å². The minimum absolute atomic E-state index is 0.0155. The van der Waals surface area contributed by atoms with Crippen LogP contribution in [0.25, 0.3) is 10.8 Å². The summed E-state index contributed by atoms with van der Waals surface area (Å²) in [5, 5.41) is 18.1. The van der Waals surface area contributed by atoms with Crippen LogP contribution < -0.4 is 10.6 Å². The Bertz CT molecular complexity index is 796. The Morgan fingerprint density at radius 2 is 1.88 bits per heavy atom. The van der Waals surface area contributed by atoms with Gasteiger partial charge in [-0.3, -0.25) is 4.79 Å². The van der Waals surface area contributed by atoms with Gasteiger partial charge in [0.25, 0.3) is 5.91 Å². The predicted molar refractivity (Wildman–Crippen MR) is 131 cm³/mol. The fourth-order valence-electron chi connectivity index (χ4n) is 3.91. The predicted octanol–water partition coefficient (Wildman–Crippen LogP) is 4.45. The molecule has 2 aromatic carbocycles. The van der Waals surface area contributed by atoms with Gasteiger partial charge >= 0.3 is 0 Å². The summed E-state index contributed by atoms with van der Waals surface area (Å²) in [6, 6.07) is 14.8. The zero-order chi connectivity index (χ0) is 23.9. The van der Waals surface area contributed by atoms with Gasteiger partial charge in [0.05, 0.1) is 6.04 Å². The zero-order valence-electron chi connectivity index (χ0n) is 20.0. The van der Waals surface area contributed by atoms with Gasteiger partial charge in [-0.2, -0.15) is 0 Å². The highest BCUT2D eigenvalue weighted by Crippen LogP contribution is 2.17. The van der Waals surface area contributed by atoms with Gasteiger partial charge in [0, 0.05) is 24.8 Å². The van der Waals surface area contributed by atoms with Crippen LogP contribution in [0.2, 0.25) is 0 Å². The maximum atomic E-state index is 12.1. The third kappa shape index (κ3) is 9.07. The van der Waals surface area contributed by atoms with Crippen molar-refractivity contribution in [3.63, 3.8) is 0 Å². The normalized spacial score (nSPS) is 19.5. The molecule has 2 aromatic rings. The molecule has 1 aliphatic rings. The summed E-state index contributed by atoms with van der Waals surface area (Å²) in [5.41, 5.74) is 0.733. The smallest absolute Gasteiger partial charge is 0.251 e. The molecular formula is C26H40N2O4. The molecular weight excluding hydrogens is 404 g/mol. The van der Waals surface area contributed by atoms with E-state index in [0.717, 1.165) is 42.0 Å². The number of ether oxygens (including phenoxy) is 1. The van der Waals surface area contributed by atoms with Gasteiger partial charge in [-0.05, 0) is 55.5 Å². The van der Waals surface area contributed by atoms with Crippen molar-refractivity contribution in [2.45, 2.75) is 83.7 Å². The quantitative estimate of drug-likeness (QED) is 0.550. The van der Waals surface area contributed by atoms with Gasteiger partial charge in [-0.25, -0.2) is 0 Å². The van der Waals surface area contributed by atoms with Gasteiger partial charge in [-0.15, -0.1) is 0 Å². The van der Waals surface area contributed by atoms with Gasteiger partial charge in [0.15, 0.2) is 6.29 Å². The van der Waals surface area contributed by atoms with Crippen LogP contribution in [0.4, 0.5) is 0 Å². The standard InChI is InChI=1S/C16H19NO.C9H19NO2.CH2O/c1-3-6-12(2)17-16(18)15-10-9-13-7-4-5-8-14(13)11-15;1-3-7-5-4-6-8(10-7)9(11)12-2;1-2/h4-5,7-12H,3,6H2,1-2H3,(H,17,18);7-11H,3-6H2,1-2H3;1H2. The van der Waals surface area contributed by atoms with Crippen LogP contribution in [0.3, 0.4) is 0 Å². The Kier molecular flexibility index (Phi) is 13.5. The number of aliphatic hydroxyl groups is 1. The SMILES string of the molecule is C=O.CCC1CCCC(C(O)OC)N1.CCCC(C)NC(=O)c1ccc2ccccc2c1. The first kappa shape index (κ1) is 27.8. The van der Waals surface area contributed by atoms with E-state index in [1.54, 1.807) is 7.11 Å². The van der Waals surface area contributed by atoms with Crippen molar-refractivity contribution in [2.24, 2.45) is 0 Å². The van der Waals surface area contributed by atoms with Crippen molar-refractivity contribution in [1.82, 2.24) is 10.6 Å². The highest BCUT2D eigenvalue weighted by molar-refractivity contribution is 5.98. The number of fused-ring (bicyclic) bond motifs is 1. The van der Waals surface area contributed by atoms with Crippen LogP contribution in [0.15, 0.2) is 42.5 Å². The Balaban J connectivity index is 0.000000318. The van der Waals surface area contributed by atoms with E-state index in [9.17, 15) is 9.90 Å². The van der Waals surface area contributed by atoms with E-state index >= 15 is 0 Å². The van der Waals surface area contributed by atoms with Crippen molar-refractivity contribution in [1.29, 1.82) is 0 Å². The second kappa shape index (κ2) is 15.5. The maximum absolute atomic E-state index is 12.1. The highest BCUT2D eigenvalue weighted by atomic mass is 16.6. The van der Waals surface area contributed by atoms with Crippen LogP contribution in [-0.2, 0) is 9.53 Å². The minimum atomic E-state index is -0.639. The van der Waals surface area contributed by atoms with E-state index < -0.39 is 6.29 Å². The summed E-state index contributed by atoms with van der Waals surface area (Å²) in [4.78, 5) is 20.1. The van der Waals surface area contributed by atoms with E-state index in [0.29, 0.717) is 6.04 Å². The molecule has 0 radical (unpaired) electrons. The van der Waals surface area contributed by atoms with Gasteiger partial charge < -0.3 is 25.3 Å². The van der Waals surface area contributed by atoms with Gasteiger partial charge in [0.1, 0.15) is 6.79 Å². The number of piperidine rings is 1. The molecule has 6 heteroatoms. The molecule has 4 unspecified atom stereocenters. The number of hydrogen-bond acceptors (Lipinski definition) is 5. The number of aliphatic hydroxyl groups excluding tert-OH is 1. The molecule has 1 saturated heterocycles. The first-order valence-corrected chi connectivity index (χ1v) is 11.5. The zero-order valence-corrected chi connectivity index (χ0v) is 20.0. The van der Waals surface area contributed by atoms with Crippen LogP contribution in [0.1, 0.15) is 69.7 Å². The van der Waals surface area contributed by atoms with Crippen molar-refractivity contribution in [2.75, 3.05) is 7.11 Å². The van der Waals surface area contributed by atoms with Crippen LogP contribution in [-0.4, -0.2) is 49.3 Å². The van der Waals surface area contributed by atoms with E-state index in [1.165, 1.54) is 12.8 Å². The average molecular weight is 445 g/mol. The molecule has 32 heavy (non-hydrogen) atoms. The number of carbonyl (C=O) groups excluding carboxylic acids is 2. The molecule has 3 rings (SSSR count). The Hall–Kier alpha value is -2.28. The summed E-state index contributed by atoms with van der Waals surface area (Å²) in [6.45, 7) is 8.33. The van der Waals surface area contributed by atoms with Crippen molar-refractivity contribution >= 4 is 23.5 Å². The first-order valence-electron chi connectivity index (χ1n) is 11.5. The molecule has 0 aliphatic carbocycles. The first-order chi connectivity index (χ1) is 15.5. The Morgan fingerprint density at radius 3 is 2.50 bits per heavy atom. The number of benzene rings is 2. The Labute approximate surface area is 192 Å². The van der Waals surface area contributed by atoms with Crippen LogP contribution >= 0.6 is 0 Å². The van der Waals surface area contributed by atoms with Gasteiger partial charge in [0.2, 0.25) is 0 Å². The molecule has 4 atom stereocenters. The second-order valence-electron chi connectivity index (χ2n) is 8.16. The molecule has 0 spiro atoms. The molecule has 1 amide bonds. The monoisotopic (exact) mass is 444 g/mol. The summed E-state index contributed by atoms with van der Waals surface area (Å²) in [5.74, 6) is 0.0155. The minimum Gasteiger partial charge on any atom is -0.367 e. The fourth-order valence-corrected chi connectivity index (χ4v) is 3.91. The average Bonchev–Trinajstić information content (AvgIpc) is 2.85. The van der Waals surface area contributed by atoms with Crippen LogP contribution in [0, 0.1) is 0 Å². The molecule has 1 heterocycles. The lowest BCUT2D eigenvalue weighted by Gasteiger charge is -2.32. The van der Waals surface area contributed by atoms with E-state index in [1.807, 2.05) is 50.1 Å². The third-order valence-corrected chi connectivity index (χ3v) is 5.71. The summed E-state index contributed by atoms with van der Waals surface area (Å²) in [7, 11) is 1.54. The molecule has 178 valence electrons. The number of rotatable bonds is 7. The number of methoxy groups -OCH3 is 1. The molecule has 1 aliphatic heterocycles. The number of nitrogens with one attached hydrogen (secondary N) is 2. The number of hydrogen-bond donors (Lipinski definition) is 3. The lowest BCUT2D eigenvalue weighted by molar-refractivity contribution is -0.104. The summed E-state index contributed by atoms with van der Waals surface area (Å²) < 4.78 is 4.88. The lowest BCUT2D eigenvalue weighted by atomic mass is 9.97. The number of amides is 1. The highest BCUT2D eigenvalue weighted by Gasteiger charge is 2.25. The molecule has 0 bridgehead atoms. The second-order valence-corrected chi connectivity index (χ2v) is 8.16. The van der Waals surface area contributed by atoms with E-state index in [-0.39, 0.29) is 18.0 Å². The van der Waals surface area contributed by atoms with Crippen molar-refractivity contribution in [3.8, 4) is 0 Å². The number of carbonyl (C=O) groups is 2. The van der Waals surface area contributed by atoms with Crippen LogP contribution in [0.5, 0.6) is 0 Å². The molecule has 0 saturated carbocycles. The summed E-state index contributed by atoms with van der Waals surface area (Å²) >= 11 is 0. The molecule has 1 fully saturated rings. The van der Waals surface area contributed by atoms with Crippen molar-refractivity contribution < 1.29 is 19.4 Å². The summed E-state index contributed by atoms with van der Waals surface area (Å²) in [6.07, 6.45) is 6.02. The van der Waals surface area contributed by atoms with E-state index in [2.05, 4.69) is 30.5 Å². The topological polar surface area (TPSA) is 87.7 Å². The molecule has 6 nitrogen and oxygen atoms in total. The van der Waals surface area contributed by atoms with Gasteiger partial charge in [-0.1, -0.05) is 57.0 Å². The molecule has 3 N–H and O–H groups in total. The molecule has 0 aromatic heterocycles. The maximum Gasteiger partial charge on any atom is 0.251 e. The Morgan fingerprint density at radius 1 is 1.19 bits per heavy atom. The van der Waals surface area contributed by atoms with Crippen molar-refractivity contribution in [3.05, 3.63) is 48.0 Å².